The van der Waals surface area contributed by atoms with Gasteiger partial charge in [0, 0.05) is 25.2 Å². The first-order valence-electron chi connectivity index (χ1n) is 40.2. The zero-order chi connectivity index (χ0) is 77.4. The average molecular weight is 1460 g/mol. The predicted molar refractivity (Wildman–Crippen MR) is 399 cm³/mol. The Morgan fingerprint density at radius 2 is 0.843 bits per heavy atom. The number of rotatable bonds is 26. The Labute approximate surface area is 617 Å². The van der Waals surface area contributed by atoms with Gasteiger partial charge in [-0.05, 0) is 192 Å². The summed E-state index contributed by atoms with van der Waals surface area (Å²) in [6.45, 7) is 43.5. The van der Waals surface area contributed by atoms with Gasteiger partial charge in [-0.2, -0.15) is 0 Å². The maximum Gasteiger partial charge on any atom is 0.334 e. The van der Waals surface area contributed by atoms with E-state index in [9.17, 15) is 34.2 Å². The molecule has 7 fully saturated rings. The normalized spacial score (nSPS) is 32.9. The number of aliphatic hydroxyl groups excluding tert-OH is 5. The quantitative estimate of drug-likeness (QED) is 0.0295. The van der Waals surface area contributed by atoms with Crippen molar-refractivity contribution < 1.29 is 98.0 Å². The van der Waals surface area contributed by atoms with Gasteiger partial charge in [0.1, 0.15) is 42.2 Å². The Morgan fingerprint density at radius 1 is 0.471 bits per heavy atom. The summed E-state index contributed by atoms with van der Waals surface area (Å²) in [4.78, 5) is 55.6. The minimum Gasteiger partial charge on any atom is -0.481 e. The monoisotopic (exact) mass is 1460 g/mol. The highest BCUT2D eigenvalue weighted by atomic mass is 16.7. The summed E-state index contributed by atoms with van der Waals surface area (Å²) in [7, 11) is 0. The topological polar surface area (TPSA) is 312 Å². The summed E-state index contributed by atoms with van der Waals surface area (Å²) >= 11 is 0. The lowest BCUT2D eigenvalue weighted by Gasteiger charge is -2.44. The van der Waals surface area contributed by atoms with Crippen molar-refractivity contribution in [1.82, 2.24) is 0 Å². The molecule has 0 aromatic heterocycles. The molecule has 1 spiro atoms. The molecule has 0 radical (unpaired) electrons. The Balaban J connectivity index is 0.000000416. The van der Waals surface area contributed by atoms with Crippen molar-refractivity contribution >= 4 is 29.8 Å². The zero-order valence-corrected chi connectivity index (χ0v) is 67.5. The number of carbonyl (C=O) groups excluding carboxylic acids is 3. The Bertz CT molecular complexity index is 2310. The molecule has 8 N–H and O–H groups in total. The molecule has 6 aliphatic carbocycles. The van der Waals surface area contributed by atoms with Gasteiger partial charge in [-0.1, -0.05) is 163 Å². The molecule has 1 heterocycles. The van der Waals surface area contributed by atoms with E-state index in [0.29, 0.717) is 120 Å². The Morgan fingerprint density at radius 3 is 1.20 bits per heavy atom. The maximum absolute atomic E-state index is 11.8. The van der Waals surface area contributed by atoms with Gasteiger partial charge >= 0.3 is 29.8 Å². The lowest BCUT2D eigenvalue weighted by molar-refractivity contribution is -0.240. The third kappa shape index (κ3) is 35.8. The van der Waals surface area contributed by atoms with E-state index in [1.807, 2.05) is 0 Å². The molecule has 7 aliphatic rings. The van der Waals surface area contributed by atoms with Crippen molar-refractivity contribution in [1.29, 1.82) is 0 Å². The number of aliphatic carboxylic acids is 2. The van der Waals surface area contributed by atoms with Crippen LogP contribution in [0.3, 0.4) is 0 Å². The third-order valence-electron chi connectivity index (χ3n) is 23.0. The van der Waals surface area contributed by atoms with Gasteiger partial charge in [0.2, 0.25) is 0 Å². The van der Waals surface area contributed by atoms with Gasteiger partial charge in [0.05, 0.1) is 64.7 Å². The number of carboxylic acids is 2. The van der Waals surface area contributed by atoms with Gasteiger partial charge in [-0.15, -0.1) is 0 Å². The van der Waals surface area contributed by atoms with Crippen LogP contribution < -0.4 is 0 Å². The van der Waals surface area contributed by atoms with E-state index in [4.69, 9.17) is 63.8 Å². The van der Waals surface area contributed by atoms with Crippen molar-refractivity contribution in [3.05, 3.63) is 0 Å². The fourth-order valence-electron chi connectivity index (χ4n) is 16.5. The number of ether oxygens (including phenoxy) is 7. The molecular weight excluding hydrogens is 1300 g/mol. The van der Waals surface area contributed by atoms with Gasteiger partial charge in [0.15, 0.2) is 5.79 Å². The van der Waals surface area contributed by atoms with Gasteiger partial charge in [0.25, 0.3) is 0 Å². The number of carbonyl (C=O) groups is 5. The van der Waals surface area contributed by atoms with Crippen LogP contribution in [-0.2, 0) is 57.1 Å². The molecule has 102 heavy (non-hydrogen) atoms. The van der Waals surface area contributed by atoms with Crippen molar-refractivity contribution in [2.75, 3.05) is 39.6 Å². The molecule has 1 aliphatic heterocycles. The van der Waals surface area contributed by atoms with Crippen LogP contribution in [0.1, 0.15) is 286 Å². The molecule has 22 atom stereocenters. The first-order valence-corrected chi connectivity index (χ1v) is 40.2. The lowest BCUT2D eigenvalue weighted by Crippen LogP contribution is -2.47. The molecule has 0 aromatic rings. The summed E-state index contributed by atoms with van der Waals surface area (Å²) in [6.07, 6.45) is 19.3. The number of esters is 3. The molecule has 20 nitrogen and oxygen atoms in total. The van der Waals surface area contributed by atoms with Crippen LogP contribution in [0.25, 0.3) is 0 Å². The number of hydrogen-bond acceptors (Lipinski definition) is 18. The molecule has 0 bridgehead atoms. The molecular formula is C82H152O20. The van der Waals surface area contributed by atoms with E-state index in [1.165, 1.54) is 64.7 Å². The van der Waals surface area contributed by atoms with Crippen LogP contribution in [0.2, 0.25) is 0 Å². The second-order valence-electron chi connectivity index (χ2n) is 35.0. The van der Waals surface area contributed by atoms with Crippen LogP contribution in [0.5, 0.6) is 0 Å². The lowest BCUT2D eigenvalue weighted by atomic mass is 9.73. The number of aliphatic hydroxyl groups is 6. The van der Waals surface area contributed by atoms with Crippen LogP contribution in [0.4, 0.5) is 0 Å². The van der Waals surface area contributed by atoms with Gasteiger partial charge in [-0.25, -0.2) is 4.79 Å². The highest BCUT2D eigenvalue weighted by Gasteiger charge is 2.51. The van der Waals surface area contributed by atoms with Crippen LogP contribution >= 0.6 is 0 Å². The molecule has 7 rings (SSSR count). The van der Waals surface area contributed by atoms with E-state index in [0.717, 1.165) is 57.8 Å². The summed E-state index contributed by atoms with van der Waals surface area (Å²) in [5.74, 6) is 6.87. The third-order valence-corrected chi connectivity index (χ3v) is 23.0. The second kappa shape index (κ2) is 48.4. The maximum atomic E-state index is 11.8. The molecule has 20 heteroatoms. The molecule has 0 aromatic carbocycles. The van der Waals surface area contributed by atoms with Crippen molar-refractivity contribution in [3.63, 3.8) is 0 Å². The second-order valence-corrected chi connectivity index (χ2v) is 35.0. The first-order chi connectivity index (χ1) is 47.7. The smallest absolute Gasteiger partial charge is 0.334 e. The SMILES string of the molecule is CC(C)[C@@H]1CC[C@@H](C)C[C@@]12OCC(CO)O2.CC(C)[C@@H]1CC[C@@H](C)C[C@H]1OC(=O)CCC(=O)O.CC(C)[C@@H]1CC[C@@H](C)C[C@H]1OC(=O)CCCC(=O)O.CC(C)[C@@H]1CC[C@@H](C)C[C@H]1OCC(C)(O)CO.CC(C)[C@@H]1CC[C@@H](C)C[C@H]1OCC(O)CO.CC(O)C(=O)O[C@@H]1C[C@H](C)CC[C@H]1C(C)C. The zero-order valence-electron chi connectivity index (χ0n) is 67.5. The standard InChI is InChI=1S/C15H26O4.C14H24O4.C14H28O3.2C13H24O3.C13H26O3/c1-10(2)12-8-7-11(3)9-13(12)19-15(18)6-4-5-14(16)17;1-9(2)11-5-4-10(3)8-12(11)18-14(17)7-6-13(15)16;1-10(2)12-6-5-11(3)7-13(12)17-9-14(4,16)8-15;1-9(2)12-5-4-10(3)6-13(12)15-8-11(7-14)16-13;1-8(2)11-6-5-9(3)7-12(11)16-13(15)10(4)14;1-9(2)12-5-4-10(3)6-13(12)16-8-11(15)7-14/h10-13H,4-9H2,1-3H3,(H,16,17);9-12H,4-8H2,1-3H3,(H,15,16);10-13,15-16H,5-9H2,1-4H3;9-12,14H,4-8H2,1-3H3;8-12,14H,5-7H2,1-4H3;9-15H,4-8H2,1-3H3/t11-,12+,13-;10-,11+,12-;11-,12+,13-,14?;10-,11?,12+,13+;9-,10?,11+,12-;10-,11?,12+,13-/m111111/s1. The minimum absolute atomic E-state index is 0.00847. The molecule has 0 amide bonds. The average Bonchev–Trinajstić information content (AvgIpc) is 1.59. The van der Waals surface area contributed by atoms with Crippen LogP contribution in [0, 0.1) is 107 Å². The van der Waals surface area contributed by atoms with Crippen molar-refractivity contribution in [2.45, 2.75) is 346 Å². The van der Waals surface area contributed by atoms with Gasteiger partial charge < -0.3 is 74.0 Å². The number of carboxylic acid groups (broad SMARTS) is 2. The molecule has 1 saturated heterocycles. The predicted octanol–water partition coefficient (Wildman–Crippen LogP) is 14.7. The fraction of sp³-hybridized carbons (Fsp3) is 0.939. The van der Waals surface area contributed by atoms with E-state index in [-0.39, 0.29) is 107 Å². The Hall–Kier alpha value is -3.05. The molecule has 6 saturated carbocycles. The highest BCUT2D eigenvalue weighted by Crippen LogP contribution is 2.48. The summed E-state index contributed by atoms with van der Waals surface area (Å²) in [6, 6.07) is 0. The fourth-order valence-corrected chi connectivity index (χ4v) is 16.5. The largest absolute Gasteiger partial charge is 0.481 e. The summed E-state index contributed by atoms with van der Waals surface area (Å²) in [5.41, 5.74) is -1.11. The Kier molecular flexibility index (Phi) is 45.1. The summed E-state index contributed by atoms with van der Waals surface area (Å²) < 4.78 is 40.1. The first kappa shape index (κ1) is 95.0. The van der Waals surface area contributed by atoms with Crippen molar-refractivity contribution in [3.8, 4) is 0 Å². The van der Waals surface area contributed by atoms with E-state index in [1.54, 1.807) is 6.92 Å². The number of hydrogen-bond donors (Lipinski definition) is 8. The molecule has 4 unspecified atom stereocenters. The minimum atomic E-state index is -1.11. The van der Waals surface area contributed by atoms with Gasteiger partial charge in [-0.3, -0.25) is 19.2 Å². The highest BCUT2D eigenvalue weighted by molar-refractivity contribution is 5.76. The van der Waals surface area contributed by atoms with Crippen LogP contribution in [-0.4, -0.2) is 171 Å². The van der Waals surface area contributed by atoms with E-state index >= 15 is 0 Å². The van der Waals surface area contributed by atoms with E-state index in [2.05, 4.69) is 125 Å². The van der Waals surface area contributed by atoms with E-state index < -0.39 is 41.5 Å². The van der Waals surface area contributed by atoms with Crippen LogP contribution in [0.15, 0.2) is 0 Å². The van der Waals surface area contributed by atoms with Crippen molar-refractivity contribution in [2.24, 2.45) is 107 Å². The molecule has 600 valence electrons. The summed E-state index contributed by atoms with van der Waals surface area (Å²) in [5, 5.41) is 72.3.